The van der Waals surface area contributed by atoms with Gasteiger partial charge in [0.2, 0.25) is 15.9 Å². The van der Waals surface area contributed by atoms with Gasteiger partial charge in [0.05, 0.1) is 24.4 Å². The molecule has 0 aliphatic rings. The molecule has 0 aliphatic carbocycles. The molecule has 0 heterocycles. The second kappa shape index (κ2) is 11.8. The van der Waals surface area contributed by atoms with Crippen LogP contribution < -0.4 is 15.4 Å². The van der Waals surface area contributed by atoms with E-state index in [0.29, 0.717) is 18.3 Å². The van der Waals surface area contributed by atoms with E-state index >= 15 is 0 Å². The Morgan fingerprint density at radius 3 is 2.24 bits per heavy atom. The lowest BCUT2D eigenvalue weighted by molar-refractivity contribution is -0.126. The van der Waals surface area contributed by atoms with Crippen molar-refractivity contribution in [3.05, 3.63) is 48.0 Å². The molecule has 0 aromatic heterocycles. The molecule has 2 rings (SSSR count). The van der Waals surface area contributed by atoms with Crippen LogP contribution >= 0.6 is 0 Å². The first-order valence-corrected chi connectivity index (χ1v) is 12.9. The lowest BCUT2D eigenvalue weighted by Crippen LogP contribution is -2.54. The molecule has 2 aromatic carbocycles. The fraction of sp³-hybridized carbons (Fsp3) is 0.417. The Hall–Kier alpha value is -3.11. The summed E-state index contributed by atoms with van der Waals surface area (Å²) in [6.07, 6.45) is 1.13. The number of benzene rings is 2. The zero-order valence-corrected chi connectivity index (χ0v) is 20.5. The Bertz CT molecular complexity index is 1160. The highest BCUT2D eigenvalue weighted by Crippen LogP contribution is 2.17. The van der Waals surface area contributed by atoms with E-state index in [4.69, 9.17) is 0 Å². The quantitative estimate of drug-likeness (QED) is 0.385. The van der Waals surface area contributed by atoms with Gasteiger partial charge < -0.3 is 10.1 Å². The number of nitrogens with one attached hydrogen (secondary N) is 3. The number of Topliss-reactive ketones (excluding diaryl/α,β-unsaturated/α-hetero) is 1. The summed E-state index contributed by atoms with van der Waals surface area (Å²) >= 11 is 0. The van der Waals surface area contributed by atoms with Crippen LogP contribution in [0.25, 0.3) is 10.8 Å². The Labute approximate surface area is 199 Å². The maximum atomic E-state index is 13.3. The van der Waals surface area contributed by atoms with Crippen molar-refractivity contribution in [3.63, 3.8) is 0 Å². The summed E-state index contributed by atoms with van der Waals surface area (Å²) in [6.45, 7) is 5.33. The van der Waals surface area contributed by atoms with E-state index in [1.165, 1.54) is 0 Å². The molecular formula is C24H31N3O6S. The minimum Gasteiger partial charge on any atom is -0.342 e. The largest absolute Gasteiger partial charge is 0.342 e. The standard InChI is InChI=1S/C24H31N3O6S/c1-5-20(25-19(14-28)13-21(29)27-34(4,32)33)23(30)22(15(2)3)26-24(31)18-11-10-16-8-6-7-9-17(16)12-18/h6-12,14-15,19-20,22,25H,5,13H2,1-4H3,(H,26,31)(H,27,29)/t19?,20?,22-/m0/s1. The summed E-state index contributed by atoms with van der Waals surface area (Å²) in [4.78, 5) is 49.6. The second-order valence-corrected chi connectivity index (χ2v) is 10.3. The average Bonchev–Trinajstić information content (AvgIpc) is 2.77. The molecule has 2 amide bonds. The van der Waals surface area contributed by atoms with Crippen molar-refractivity contribution < 1.29 is 27.6 Å². The fourth-order valence-corrected chi connectivity index (χ4v) is 4.09. The molecule has 184 valence electrons. The van der Waals surface area contributed by atoms with Gasteiger partial charge in [-0.1, -0.05) is 51.1 Å². The van der Waals surface area contributed by atoms with E-state index in [1.807, 2.05) is 30.3 Å². The van der Waals surface area contributed by atoms with Crippen molar-refractivity contribution in [2.24, 2.45) is 5.92 Å². The van der Waals surface area contributed by atoms with Crippen LogP contribution in [0, 0.1) is 5.92 Å². The fourth-order valence-electron chi connectivity index (χ4n) is 3.59. The molecule has 2 unspecified atom stereocenters. The van der Waals surface area contributed by atoms with Crippen LogP contribution in [0.4, 0.5) is 0 Å². The number of rotatable bonds is 12. The highest BCUT2D eigenvalue weighted by Gasteiger charge is 2.31. The van der Waals surface area contributed by atoms with Crippen LogP contribution in [-0.2, 0) is 24.4 Å². The highest BCUT2D eigenvalue weighted by molar-refractivity contribution is 7.89. The van der Waals surface area contributed by atoms with Gasteiger partial charge in [0, 0.05) is 12.0 Å². The third-order valence-corrected chi connectivity index (χ3v) is 5.91. The van der Waals surface area contributed by atoms with E-state index in [-0.39, 0.29) is 11.7 Å². The SMILES string of the molecule is CCC(NC(C=O)CC(=O)NS(C)(=O)=O)C(=O)[C@@H](NC(=O)c1ccc2ccccc2c1)C(C)C. The predicted molar refractivity (Wildman–Crippen MR) is 130 cm³/mol. The molecule has 10 heteroatoms. The molecule has 0 saturated heterocycles. The number of carbonyl (C=O) groups is 4. The van der Waals surface area contributed by atoms with Gasteiger partial charge in [-0.05, 0) is 35.2 Å². The van der Waals surface area contributed by atoms with Crippen LogP contribution in [0.3, 0.4) is 0 Å². The topological polar surface area (TPSA) is 139 Å². The van der Waals surface area contributed by atoms with Crippen molar-refractivity contribution in [3.8, 4) is 0 Å². The molecule has 2 aromatic rings. The van der Waals surface area contributed by atoms with E-state index in [1.54, 1.807) is 37.6 Å². The normalized spacial score (nSPS) is 14.3. The summed E-state index contributed by atoms with van der Waals surface area (Å²) in [6, 6.07) is 10.2. The minimum atomic E-state index is -3.76. The smallest absolute Gasteiger partial charge is 0.251 e. The molecule has 0 fully saturated rings. The Balaban J connectivity index is 2.14. The van der Waals surface area contributed by atoms with Crippen LogP contribution in [0.5, 0.6) is 0 Å². The van der Waals surface area contributed by atoms with E-state index in [9.17, 15) is 27.6 Å². The monoisotopic (exact) mass is 489 g/mol. The maximum Gasteiger partial charge on any atom is 0.251 e. The summed E-state index contributed by atoms with van der Waals surface area (Å²) in [7, 11) is -3.76. The Kier molecular flexibility index (Phi) is 9.46. The van der Waals surface area contributed by atoms with Gasteiger partial charge in [0.1, 0.15) is 6.29 Å². The maximum absolute atomic E-state index is 13.3. The summed E-state index contributed by atoms with van der Waals surface area (Å²) in [5.74, 6) is -1.83. The number of hydrogen-bond acceptors (Lipinski definition) is 7. The van der Waals surface area contributed by atoms with E-state index < -0.39 is 46.4 Å². The van der Waals surface area contributed by atoms with Gasteiger partial charge in [0.25, 0.3) is 5.91 Å². The number of amides is 2. The number of fused-ring (bicyclic) bond motifs is 1. The first kappa shape index (κ1) is 27.1. The lowest BCUT2D eigenvalue weighted by atomic mass is 9.92. The van der Waals surface area contributed by atoms with Crippen molar-refractivity contribution in [1.82, 2.24) is 15.4 Å². The molecule has 9 nitrogen and oxygen atoms in total. The molecule has 0 spiro atoms. The van der Waals surface area contributed by atoms with Crippen molar-refractivity contribution in [2.75, 3.05) is 6.26 Å². The third-order valence-electron chi connectivity index (χ3n) is 5.31. The highest BCUT2D eigenvalue weighted by atomic mass is 32.2. The molecule has 3 atom stereocenters. The minimum absolute atomic E-state index is 0.240. The molecular weight excluding hydrogens is 458 g/mol. The molecule has 3 N–H and O–H groups in total. The van der Waals surface area contributed by atoms with Crippen LogP contribution in [0.1, 0.15) is 44.0 Å². The number of ketones is 1. The Morgan fingerprint density at radius 1 is 1.03 bits per heavy atom. The molecule has 0 saturated carbocycles. The Morgan fingerprint density at radius 2 is 1.68 bits per heavy atom. The molecule has 34 heavy (non-hydrogen) atoms. The average molecular weight is 490 g/mol. The van der Waals surface area contributed by atoms with E-state index in [0.717, 1.165) is 17.0 Å². The first-order valence-electron chi connectivity index (χ1n) is 11.0. The second-order valence-electron chi connectivity index (χ2n) is 8.53. The van der Waals surface area contributed by atoms with E-state index in [2.05, 4.69) is 10.6 Å². The van der Waals surface area contributed by atoms with Gasteiger partial charge >= 0.3 is 0 Å². The van der Waals surface area contributed by atoms with Crippen molar-refractivity contribution in [1.29, 1.82) is 0 Å². The predicted octanol–water partition coefficient (Wildman–Crippen LogP) is 1.56. The zero-order chi connectivity index (χ0) is 25.5. The summed E-state index contributed by atoms with van der Waals surface area (Å²) < 4.78 is 24.2. The number of aldehydes is 1. The number of hydrogen-bond donors (Lipinski definition) is 3. The zero-order valence-electron chi connectivity index (χ0n) is 19.7. The van der Waals surface area contributed by atoms with Gasteiger partial charge in [-0.3, -0.25) is 24.4 Å². The number of carbonyl (C=O) groups excluding carboxylic acids is 4. The lowest BCUT2D eigenvalue weighted by Gasteiger charge is -2.27. The molecule has 0 bridgehead atoms. The summed E-state index contributed by atoms with van der Waals surface area (Å²) in [5.41, 5.74) is 0.418. The number of sulfonamides is 1. The van der Waals surface area contributed by atoms with Crippen LogP contribution in [-0.4, -0.2) is 56.7 Å². The molecule has 0 aliphatic heterocycles. The van der Waals surface area contributed by atoms with Gasteiger partial charge in [-0.15, -0.1) is 0 Å². The van der Waals surface area contributed by atoms with Gasteiger partial charge in [0.15, 0.2) is 5.78 Å². The van der Waals surface area contributed by atoms with Crippen molar-refractivity contribution >= 4 is 44.7 Å². The van der Waals surface area contributed by atoms with Crippen LogP contribution in [0.15, 0.2) is 42.5 Å². The molecule has 0 radical (unpaired) electrons. The van der Waals surface area contributed by atoms with Crippen LogP contribution in [0.2, 0.25) is 0 Å². The first-order chi connectivity index (χ1) is 15.9. The summed E-state index contributed by atoms with van der Waals surface area (Å²) in [5, 5.41) is 7.51. The van der Waals surface area contributed by atoms with Crippen molar-refractivity contribution in [2.45, 2.75) is 51.7 Å². The third kappa shape index (κ3) is 7.74. The van der Waals surface area contributed by atoms with Gasteiger partial charge in [-0.25, -0.2) is 8.42 Å². The van der Waals surface area contributed by atoms with Gasteiger partial charge in [-0.2, -0.15) is 0 Å².